The van der Waals surface area contributed by atoms with Crippen LogP contribution in [0.3, 0.4) is 0 Å². The van der Waals surface area contributed by atoms with E-state index in [1.807, 2.05) is 12.1 Å². The lowest BCUT2D eigenvalue weighted by Crippen LogP contribution is -2.26. The summed E-state index contributed by atoms with van der Waals surface area (Å²) < 4.78 is 20.4. The van der Waals surface area contributed by atoms with Crippen molar-refractivity contribution in [3.8, 4) is 5.75 Å². The summed E-state index contributed by atoms with van der Waals surface area (Å²) >= 11 is 0. The van der Waals surface area contributed by atoms with Gasteiger partial charge in [-0.25, -0.2) is 9.37 Å². The topological polar surface area (TPSA) is 44.1 Å². The van der Waals surface area contributed by atoms with Gasteiger partial charge in [-0.05, 0) is 31.2 Å². The van der Waals surface area contributed by atoms with Gasteiger partial charge in [-0.3, -0.25) is 9.36 Å². The summed E-state index contributed by atoms with van der Waals surface area (Å²) in [5.74, 6) is 0.381. The van der Waals surface area contributed by atoms with E-state index in [1.54, 1.807) is 41.8 Å². The van der Waals surface area contributed by atoms with Crippen molar-refractivity contribution in [1.29, 1.82) is 0 Å². The highest BCUT2D eigenvalue weighted by Gasteiger charge is 2.08. The van der Waals surface area contributed by atoms with Crippen LogP contribution in [0.1, 0.15) is 5.82 Å². The van der Waals surface area contributed by atoms with E-state index in [1.165, 1.54) is 6.07 Å². The second-order valence-electron chi connectivity index (χ2n) is 4.91. The van der Waals surface area contributed by atoms with Crippen molar-refractivity contribution in [3.63, 3.8) is 0 Å². The number of aromatic nitrogens is 2. The molecule has 0 fully saturated rings. The zero-order chi connectivity index (χ0) is 15.5. The third-order valence-corrected chi connectivity index (χ3v) is 3.46. The molecule has 0 aliphatic heterocycles. The van der Waals surface area contributed by atoms with Gasteiger partial charge in [0.05, 0.1) is 17.4 Å². The third-order valence-electron chi connectivity index (χ3n) is 3.46. The van der Waals surface area contributed by atoms with Crippen molar-refractivity contribution in [1.82, 2.24) is 9.55 Å². The molecule has 0 radical (unpaired) electrons. The number of hydrogen-bond donors (Lipinski definition) is 0. The van der Waals surface area contributed by atoms with Crippen LogP contribution in [0.4, 0.5) is 4.39 Å². The lowest BCUT2D eigenvalue weighted by Gasteiger charge is -2.12. The molecule has 5 heteroatoms. The van der Waals surface area contributed by atoms with Crippen molar-refractivity contribution in [3.05, 3.63) is 70.5 Å². The summed E-state index contributed by atoms with van der Waals surface area (Å²) in [6.45, 7) is 2.29. The number of fused-ring (bicyclic) bond motifs is 1. The van der Waals surface area contributed by atoms with Gasteiger partial charge in [0, 0.05) is 0 Å². The first-order valence-electron chi connectivity index (χ1n) is 7.00. The van der Waals surface area contributed by atoms with Gasteiger partial charge in [0.15, 0.2) is 11.6 Å². The van der Waals surface area contributed by atoms with E-state index in [2.05, 4.69) is 4.98 Å². The van der Waals surface area contributed by atoms with Gasteiger partial charge in [0.1, 0.15) is 12.4 Å². The lowest BCUT2D eigenvalue weighted by atomic mass is 10.2. The molecule has 3 rings (SSSR count). The number of benzene rings is 2. The van der Waals surface area contributed by atoms with Crippen molar-refractivity contribution in [2.24, 2.45) is 0 Å². The van der Waals surface area contributed by atoms with E-state index in [0.29, 0.717) is 23.3 Å². The van der Waals surface area contributed by atoms with Gasteiger partial charge in [-0.1, -0.05) is 24.3 Å². The molecule has 1 heterocycles. The Bertz CT molecular complexity index is 874. The summed E-state index contributed by atoms with van der Waals surface area (Å²) in [7, 11) is 0. The normalized spacial score (nSPS) is 10.8. The number of nitrogens with zero attached hydrogens (tertiary/aromatic N) is 2. The monoisotopic (exact) mass is 298 g/mol. The maximum absolute atomic E-state index is 13.5. The highest BCUT2D eigenvalue weighted by Crippen LogP contribution is 2.15. The molecule has 22 heavy (non-hydrogen) atoms. The summed E-state index contributed by atoms with van der Waals surface area (Å²) in [6, 6.07) is 13.4. The summed E-state index contributed by atoms with van der Waals surface area (Å²) in [4.78, 5) is 16.9. The van der Waals surface area contributed by atoms with Crippen LogP contribution in [-0.2, 0) is 6.54 Å². The summed E-state index contributed by atoms with van der Waals surface area (Å²) in [5, 5.41) is 0.569. The van der Waals surface area contributed by atoms with Gasteiger partial charge in [0.2, 0.25) is 0 Å². The van der Waals surface area contributed by atoms with Crippen LogP contribution in [0.5, 0.6) is 5.75 Å². The molecule has 0 N–H and O–H groups in total. The third kappa shape index (κ3) is 2.70. The fourth-order valence-corrected chi connectivity index (χ4v) is 2.35. The van der Waals surface area contributed by atoms with E-state index in [-0.39, 0.29) is 17.9 Å². The molecule has 4 nitrogen and oxygen atoms in total. The van der Waals surface area contributed by atoms with Gasteiger partial charge in [-0.15, -0.1) is 0 Å². The number of rotatable bonds is 4. The van der Waals surface area contributed by atoms with Crippen LogP contribution in [0.25, 0.3) is 10.9 Å². The van der Waals surface area contributed by atoms with Crippen LogP contribution < -0.4 is 10.3 Å². The summed E-state index contributed by atoms with van der Waals surface area (Å²) in [5.41, 5.74) is 0.566. The number of para-hydroxylation sites is 2. The number of ether oxygens (including phenoxy) is 1. The fourth-order valence-electron chi connectivity index (χ4n) is 2.35. The predicted molar refractivity (Wildman–Crippen MR) is 82.6 cm³/mol. The predicted octanol–water partition coefficient (Wildman–Crippen LogP) is 2.92. The molecule has 0 saturated carbocycles. The van der Waals surface area contributed by atoms with Gasteiger partial charge in [-0.2, -0.15) is 0 Å². The van der Waals surface area contributed by atoms with E-state index >= 15 is 0 Å². The molecule has 112 valence electrons. The molecule has 0 saturated heterocycles. The van der Waals surface area contributed by atoms with Crippen LogP contribution in [0.2, 0.25) is 0 Å². The number of hydrogen-bond acceptors (Lipinski definition) is 3. The molecule has 0 spiro atoms. The van der Waals surface area contributed by atoms with Crippen LogP contribution in [-0.4, -0.2) is 16.2 Å². The second-order valence-corrected chi connectivity index (χ2v) is 4.91. The molecule has 0 atom stereocenters. The average molecular weight is 298 g/mol. The van der Waals surface area contributed by atoms with Crippen LogP contribution >= 0.6 is 0 Å². The fraction of sp³-hybridized carbons (Fsp3) is 0.176. The highest BCUT2D eigenvalue weighted by atomic mass is 19.1. The maximum atomic E-state index is 13.5. The molecule has 0 aliphatic carbocycles. The highest BCUT2D eigenvalue weighted by molar-refractivity contribution is 5.77. The molecular weight excluding hydrogens is 283 g/mol. The Hall–Kier alpha value is -2.69. The second kappa shape index (κ2) is 5.97. The molecule has 2 aromatic carbocycles. The Morgan fingerprint density at radius 3 is 2.68 bits per heavy atom. The van der Waals surface area contributed by atoms with Crippen LogP contribution in [0, 0.1) is 12.7 Å². The average Bonchev–Trinajstić information content (AvgIpc) is 2.52. The lowest BCUT2D eigenvalue weighted by molar-refractivity contribution is 0.281. The zero-order valence-corrected chi connectivity index (χ0v) is 12.1. The molecule has 3 aromatic rings. The molecule has 0 unspecified atom stereocenters. The number of aryl methyl sites for hydroxylation is 1. The standard InChI is InChI=1S/C17H15FN2O2/c1-12-19-15-8-4-2-6-13(15)17(21)20(12)10-11-22-16-9-5-3-7-14(16)18/h2-9H,10-11H2,1H3. The van der Waals surface area contributed by atoms with Crippen molar-refractivity contribution >= 4 is 10.9 Å². The Morgan fingerprint density at radius 2 is 1.86 bits per heavy atom. The SMILES string of the molecule is Cc1nc2ccccc2c(=O)n1CCOc1ccccc1F. The first kappa shape index (κ1) is 14.3. The van der Waals surface area contributed by atoms with E-state index in [4.69, 9.17) is 4.74 Å². The minimum absolute atomic E-state index is 0.111. The molecular formula is C17H15FN2O2. The molecule has 1 aromatic heterocycles. The minimum atomic E-state index is -0.414. The van der Waals surface area contributed by atoms with Gasteiger partial charge in [0.25, 0.3) is 5.56 Å². The molecule has 0 aliphatic rings. The van der Waals surface area contributed by atoms with Gasteiger partial charge < -0.3 is 4.74 Å². The first-order valence-corrected chi connectivity index (χ1v) is 7.00. The van der Waals surface area contributed by atoms with E-state index < -0.39 is 5.82 Å². The van der Waals surface area contributed by atoms with E-state index in [9.17, 15) is 9.18 Å². The molecule has 0 bridgehead atoms. The Labute approximate surface area is 126 Å². The first-order chi connectivity index (χ1) is 10.7. The maximum Gasteiger partial charge on any atom is 0.261 e. The Kier molecular flexibility index (Phi) is 3.87. The largest absolute Gasteiger partial charge is 0.489 e. The Morgan fingerprint density at radius 1 is 1.14 bits per heavy atom. The minimum Gasteiger partial charge on any atom is -0.489 e. The zero-order valence-electron chi connectivity index (χ0n) is 12.1. The number of halogens is 1. The van der Waals surface area contributed by atoms with Crippen molar-refractivity contribution in [2.75, 3.05) is 6.61 Å². The quantitative estimate of drug-likeness (QED) is 0.744. The molecule has 0 amide bonds. The Balaban J connectivity index is 1.82. The summed E-state index contributed by atoms with van der Waals surface area (Å²) in [6.07, 6.45) is 0. The smallest absolute Gasteiger partial charge is 0.261 e. The van der Waals surface area contributed by atoms with Gasteiger partial charge >= 0.3 is 0 Å². The van der Waals surface area contributed by atoms with Crippen LogP contribution in [0.15, 0.2) is 53.3 Å². The van der Waals surface area contributed by atoms with Crippen molar-refractivity contribution < 1.29 is 9.13 Å². The van der Waals surface area contributed by atoms with E-state index in [0.717, 1.165) is 0 Å². The van der Waals surface area contributed by atoms with Crippen molar-refractivity contribution in [2.45, 2.75) is 13.5 Å².